The summed E-state index contributed by atoms with van der Waals surface area (Å²) in [5.41, 5.74) is 8.98. The van der Waals surface area contributed by atoms with Gasteiger partial charge in [0.25, 0.3) is 0 Å². The highest BCUT2D eigenvalue weighted by atomic mass is 15.5. The van der Waals surface area contributed by atoms with Crippen LogP contribution in [0.4, 0.5) is 5.69 Å². The lowest BCUT2D eigenvalue weighted by Crippen LogP contribution is -2.20. The van der Waals surface area contributed by atoms with Crippen LogP contribution in [0.15, 0.2) is 18.2 Å². The van der Waals surface area contributed by atoms with Crippen LogP contribution in [0.25, 0.3) is 11.4 Å². The fourth-order valence-electron chi connectivity index (χ4n) is 3.40. The Balaban J connectivity index is 1.92. The molecule has 0 atom stereocenters. The minimum absolute atomic E-state index is 0.400. The average molecular weight is 285 g/mol. The van der Waals surface area contributed by atoms with Gasteiger partial charge in [-0.2, -0.15) is 0 Å². The topological polar surface area (TPSA) is 69.6 Å². The molecule has 0 radical (unpaired) electrons. The fourth-order valence-corrected chi connectivity index (χ4v) is 3.40. The lowest BCUT2D eigenvalue weighted by molar-refractivity contribution is 0.255. The van der Waals surface area contributed by atoms with Crippen molar-refractivity contribution in [2.75, 3.05) is 5.73 Å². The molecule has 0 spiro atoms. The Morgan fingerprint density at radius 1 is 1.24 bits per heavy atom. The summed E-state index contributed by atoms with van der Waals surface area (Å²) >= 11 is 0. The normalized spacial score (nSPS) is 22.4. The molecule has 0 bridgehead atoms. The minimum Gasteiger partial charge on any atom is -0.398 e. The van der Waals surface area contributed by atoms with Crippen molar-refractivity contribution in [3.05, 3.63) is 23.8 Å². The van der Waals surface area contributed by atoms with E-state index in [9.17, 15) is 0 Å². The number of nitrogens with two attached hydrogens (primary N) is 1. The highest BCUT2D eigenvalue weighted by molar-refractivity contribution is 5.74. The first kappa shape index (κ1) is 14.0. The Hall–Kier alpha value is -1.91. The molecule has 2 N–H and O–H groups in total. The summed E-state index contributed by atoms with van der Waals surface area (Å²) in [6.07, 6.45) is 6.12. The molecule has 0 unspecified atom stereocenters. The molecule has 2 aromatic rings. The molecule has 1 saturated carbocycles. The molecule has 5 nitrogen and oxygen atoms in total. The Kier molecular flexibility index (Phi) is 3.90. The largest absolute Gasteiger partial charge is 0.398 e. The first-order chi connectivity index (χ1) is 10.2. The second-order valence-electron chi connectivity index (χ2n) is 6.07. The van der Waals surface area contributed by atoms with Crippen molar-refractivity contribution in [2.45, 2.75) is 52.0 Å². The molecule has 1 aliphatic carbocycles. The van der Waals surface area contributed by atoms with Crippen molar-refractivity contribution in [3.63, 3.8) is 0 Å². The number of nitrogen functional groups attached to an aromatic ring is 1. The van der Waals surface area contributed by atoms with E-state index in [1.165, 1.54) is 19.3 Å². The lowest BCUT2D eigenvalue weighted by atomic mass is 9.84. The molecular weight excluding hydrogens is 262 g/mol. The van der Waals surface area contributed by atoms with Crippen LogP contribution in [0.5, 0.6) is 0 Å². The second kappa shape index (κ2) is 5.84. The summed E-state index contributed by atoms with van der Waals surface area (Å²) in [4.78, 5) is 0. The zero-order chi connectivity index (χ0) is 14.8. The molecule has 1 aliphatic rings. The number of hydrogen-bond acceptors (Lipinski definition) is 4. The van der Waals surface area contributed by atoms with Crippen molar-refractivity contribution < 1.29 is 0 Å². The second-order valence-corrected chi connectivity index (χ2v) is 6.07. The number of benzene rings is 1. The van der Waals surface area contributed by atoms with Gasteiger partial charge in [-0.05, 0) is 60.6 Å². The number of nitrogens with zero attached hydrogens (tertiary/aromatic N) is 4. The highest BCUT2D eigenvalue weighted by Gasteiger charge is 2.25. The van der Waals surface area contributed by atoms with Crippen LogP contribution in [-0.2, 0) is 0 Å². The zero-order valence-corrected chi connectivity index (χ0v) is 12.8. The molecule has 1 fully saturated rings. The summed E-state index contributed by atoms with van der Waals surface area (Å²) < 4.78 is 1.99. The molecule has 1 aromatic heterocycles. The SMILES string of the molecule is CCC1CCC(n2nnnc2-c2c(C)cccc2N)CC1. The number of anilines is 1. The summed E-state index contributed by atoms with van der Waals surface area (Å²) in [7, 11) is 0. The molecule has 1 aromatic carbocycles. The third-order valence-electron chi connectivity index (χ3n) is 4.76. The third-order valence-corrected chi connectivity index (χ3v) is 4.76. The maximum Gasteiger partial charge on any atom is 0.184 e. The fraction of sp³-hybridized carbons (Fsp3) is 0.562. The van der Waals surface area contributed by atoms with E-state index in [0.29, 0.717) is 6.04 Å². The molecule has 112 valence electrons. The minimum atomic E-state index is 0.400. The Labute approximate surface area is 125 Å². The number of aromatic nitrogens is 4. The van der Waals surface area contributed by atoms with E-state index < -0.39 is 0 Å². The van der Waals surface area contributed by atoms with Crippen LogP contribution < -0.4 is 5.73 Å². The van der Waals surface area contributed by atoms with Crippen LogP contribution >= 0.6 is 0 Å². The van der Waals surface area contributed by atoms with E-state index in [1.54, 1.807) is 0 Å². The third kappa shape index (κ3) is 2.64. The number of hydrogen-bond donors (Lipinski definition) is 1. The maximum absolute atomic E-state index is 6.15. The van der Waals surface area contributed by atoms with Gasteiger partial charge in [-0.3, -0.25) is 0 Å². The van der Waals surface area contributed by atoms with Crippen molar-refractivity contribution in [2.24, 2.45) is 5.92 Å². The first-order valence-electron chi connectivity index (χ1n) is 7.84. The van der Waals surface area contributed by atoms with Gasteiger partial charge in [0.15, 0.2) is 5.82 Å². The van der Waals surface area contributed by atoms with Gasteiger partial charge < -0.3 is 5.73 Å². The van der Waals surface area contributed by atoms with E-state index in [-0.39, 0.29) is 0 Å². The Morgan fingerprint density at radius 2 is 2.00 bits per heavy atom. The van der Waals surface area contributed by atoms with Crippen LogP contribution in [0.3, 0.4) is 0 Å². The van der Waals surface area contributed by atoms with E-state index in [1.807, 2.05) is 16.8 Å². The average Bonchev–Trinajstić information content (AvgIpc) is 2.96. The van der Waals surface area contributed by atoms with Crippen molar-refractivity contribution in [1.29, 1.82) is 0 Å². The van der Waals surface area contributed by atoms with Crippen LogP contribution in [0.1, 0.15) is 50.6 Å². The molecule has 1 heterocycles. The Bertz CT molecular complexity index is 591. The summed E-state index contributed by atoms with van der Waals surface area (Å²) in [5, 5.41) is 12.4. The summed E-state index contributed by atoms with van der Waals surface area (Å²) in [6.45, 7) is 4.33. The van der Waals surface area contributed by atoms with Gasteiger partial charge in [-0.1, -0.05) is 25.5 Å². The quantitative estimate of drug-likeness (QED) is 0.878. The summed E-state index contributed by atoms with van der Waals surface area (Å²) in [6, 6.07) is 6.33. The van der Waals surface area contributed by atoms with Crippen molar-refractivity contribution >= 4 is 5.69 Å². The predicted octanol–water partition coefficient (Wildman–Crippen LogP) is 3.37. The van der Waals surface area contributed by atoms with E-state index in [0.717, 1.165) is 41.4 Å². The molecule has 0 amide bonds. The van der Waals surface area contributed by atoms with Gasteiger partial charge in [0.1, 0.15) is 0 Å². The maximum atomic E-state index is 6.15. The van der Waals surface area contributed by atoms with Crippen LogP contribution in [0.2, 0.25) is 0 Å². The van der Waals surface area contributed by atoms with Crippen molar-refractivity contribution in [3.8, 4) is 11.4 Å². The van der Waals surface area contributed by atoms with Gasteiger partial charge in [-0.25, -0.2) is 4.68 Å². The molecule has 0 saturated heterocycles. The molecule has 0 aliphatic heterocycles. The zero-order valence-electron chi connectivity index (χ0n) is 12.8. The molecule has 5 heteroatoms. The van der Waals surface area contributed by atoms with Gasteiger partial charge in [0.05, 0.1) is 6.04 Å². The number of aryl methyl sites for hydroxylation is 1. The van der Waals surface area contributed by atoms with Gasteiger partial charge >= 0.3 is 0 Å². The van der Waals surface area contributed by atoms with E-state index in [4.69, 9.17) is 5.73 Å². The smallest absolute Gasteiger partial charge is 0.184 e. The van der Waals surface area contributed by atoms with Gasteiger partial charge in [0, 0.05) is 11.3 Å². The monoisotopic (exact) mass is 285 g/mol. The number of rotatable bonds is 3. The van der Waals surface area contributed by atoms with Gasteiger partial charge in [0.2, 0.25) is 0 Å². The lowest BCUT2D eigenvalue weighted by Gasteiger charge is -2.28. The summed E-state index contributed by atoms with van der Waals surface area (Å²) in [5.74, 6) is 1.68. The molecular formula is C16H23N5. The predicted molar refractivity (Wildman–Crippen MR) is 83.7 cm³/mol. The van der Waals surface area contributed by atoms with E-state index >= 15 is 0 Å². The van der Waals surface area contributed by atoms with Crippen LogP contribution in [-0.4, -0.2) is 20.2 Å². The number of tetrazole rings is 1. The van der Waals surface area contributed by atoms with Crippen molar-refractivity contribution in [1.82, 2.24) is 20.2 Å². The Morgan fingerprint density at radius 3 is 2.67 bits per heavy atom. The standard InChI is InChI=1S/C16H23N5/c1-3-12-7-9-13(10-8-12)21-16(18-19-20-21)15-11(2)5-4-6-14(15)17/h4-6,12-13H,3,7-10,17H2,1-2H3. The van der Waals surface area contributed by atoms with E-state index in [2.05, 4.69) is 35.4 Å². The first-order valence-corrected chi connectivity index (χ1v) is 7.84. The van der Waals surface area contributed by atoms with Gasteiger partial charge in [-0.15, -0.1) is 5.10 Å². The molecule has 21 heavy (non-hydrogen) atoms. The molecule has 3 rings (SSSR count). The highest BCUT2D eigenvalue weighted by Crippen LogP contribution is 2.36. The van der Waals surface area contributed by atoms with Crippen LogP contribution in [0, 0.1) is 12.8 Å².